The van der Waals surface area contributed by atoms with Crippen LogP contribution in [0.1, 0.15) is 43.7 Å². The van der Waals surface area contributed by atoms with E-state index in [0.29, 0.717) is 37.8 Å². The molecule has 0 radical (unpaired) electrons. The highest BCUT2D eigenvalue weighted by Crippen LogP contribution is 2.30. The third-order valence-corrected chi connectivity index (χ3v) is 7.48. The molecular formula is C28H36F2N2O2. The van der Waals surface area contributed by atoms with E-state index in [4.69, 9.17) is 4.74 Å². The molecule has 4 nitrogen and oxygen atoms in total. The molecule has 1 amide bonds. The van der Waals surface area contributed by atoms with Gasteiger partial charge in [0, 0.05) is 43.8 Å². The maximum atomic E-state index is 14.2. The fraction of sp³-hybridized carbons (Fsp3) is 0.536. The topological polar surface area (TPSA) is 32.8 Å². The van der Waals surface area contributed by atoms with Gasteiger partial charge in [-0.1, -0.05) is 42.5 Å². The number of rotatable bonds is 8. The zero-order valence-electron chi connectivity index (χ0n) is 20.1. The highest BCUT2D eigenvalue weighted by molar-refractivity contribution is 5.79. The van der Waals surface area contributed by atoms with Crippen LogP contribution in [0, 0.1) is 23.5 Å². The van der Waals surface area contributed by atoms with Gasteiger partial charge in [0.15, 0.2) is 11.6 Å². The summed E-state index contributed by atoms with van der Waals surface area (Å²) in [6.07, 6.45) is 4.31. The molecule has 184 valence electrons. The van der Waals surface area contributed by atoms with Crippen molar-refractivity contribution in [2.45, 2.75) is 51.6 Å². The lowest BCUT2D eigenvalue weighted by Crippen LogP contribution is -2.51. The normalized spacial score (nSPS) is 19.1. The van der Waals surface area contributed by atoms with Gasteiger partial charge in [0.05, 0.1) is 0 Å². The molecule has 0 saturated carbocycles. The Kier molecular flexibility index (Phi) is 8.68. The van der Waals surface area contributed by atoms with Crippen LogP contribution in [0.4, 0.5) is 8.78 Å². The fourth-order valence-corrected chi connectivity index (χ4v) is 5.53. The maximum absolute atomic E-state index is 14.2. The summed E-state index contributed by atoms with van der Waals surface area (Å²) in [6.45, 7) is 6.14. The molecule has 0 bridgehead atoms. The first-order valence-corrected chi connectivity index (χ1v) is 12.6. The first-order chi connectivity index (χ1) is 16.6. The number of carbonyl (C=O) groups excluding carboxylic acids is 1. The van der Waals surface area contributed by atoms with E-state index in [1.165, 1.54) is 5.56 Å². The lowest BCUT2D eigenvalue weighted by atomic mass is 9.83. The van der Waals surface area contributed by atoms with Crippen LogP contribution in [0.2, 0.25) is 0 Å². The van der Waals surface area contributed by atoms with Crippen molar-refractivity contribution in [2.24, 2.45) is 11.8 Å². The van der Waals surface area contributed by atoms with Crippen LogP contribution in [0.25, 0.3) is 0 Å². The number of carbonyl (C=O) groups is 1. The first-order valence-electron chi connectivity index (χ1n) is 12.6. The number of likely N-dealkylation sites (N-methyl/N-ethyl adjacent to an activating group) is 1. The second kappa shape index (κ2) is 11.9. The zero-order chi connectivity index (χ0) is 23.9. The molecular weight excluding hydrogens is 434 g/mol. The number of likely N-dealkylation sites (tertiary alicyclic amines) is 1. The third-order valence-electron chi connectivity index (χ3n) is 7.48. The molecule has 1 unspecified atom stereocenters. The van der Waals surface area contributed by atoms with Crippen LogP contribution >= 0.6 is 0 Å². The van der Waals surface area contributed by atoms with Gasteiger partial charge in [-0.25, -0.2) is 8.78 Å². The van der Waals surface area contributed by atoms with E-state index < -0.39 is 11.6 Å². The van der Waals surface area contributed by atoms with Gasteiger partial charge in [0.25, 0.3) is 0 Å². The van der Waals surface area contributed by atoms with E-state index >= 15 is 0 Å². The number of hydrogen-bond acceptors (Lipinski definition) is 3. The summed E-state index contributed by atoms with van der Waals surface area (Å²) in [4.78, 5) is 17.9. The van der Waals surface area contributed by atoms with Gasteiger partial charge in [-0.2, -0.15) is 0 Å². The molecule has 0 aromatic heterocycles. The van der Waals surface area contributed by atoms with Crippen LogP contribution in [0.5, 0.6) is 0 Å². The Balaban J connectivity index is 1.46. The summed E-state index contributed by atoms with van der Waals surface area (Å²) >= 11 is 0. The van der Waals surface area contributed by atoms with Crippen LogP contribution in [0.3, 0.4) is 0 Å². The predicted molar refractivity (Wildman–Crippen MR) is 129 cm³/mol. The van der Waals surface area contributed by atoms with Crippen LogP contribution < -0.4 is 0 Å². The quantitative estimate of drug-likeness (QED) is 0.541. The zero-order valence-corrected chi connectivity index (χ0v) is 20.1. The minimum absolute atomic E-state index is 0.0445. The van der Waals surface area contributed by atoms with Crippen molar-refractivity contribution in [1.82, 2.24) is 9.80 Å². The molecule has 6 heteroatoms. The molecule has 1 atom stereocenters. The smallest absolute Gasteiger partial charge is 0.226 e. The molecule has 0 N–H and O–H groups in total. The highest BCUT2D eigenvalue weighted by atomic mass is 19.2. The molecule has 0 aliphatic carbocycles. The van der Waals surface area contributed by atoms with E-state index in [2.05, 4.69) is 41.0 Å². The molecule has 34 heavy (non-hydrogen) atoms. The van der Waals surface area contributed by atoms with E-state index in [1.807, 2.05) is 6.07 Å². The standard InChI is InChI=1S/C28H36F2N2O2/c1-2-32(28(33)23-13-17-34-18-14-23)26(19-21-7-4-3-5-8-21)22-11-15-31(16-12-22)20-24-9-6-10-25(29)27(24)30/h3-10,22-23,26H,2,11-20H2,1H3. The summed E-state index contributed by atoms with van der Waals surface area (Å²) in [7, 11) is 0. The number of nitrogens with zero attached hydrogens (tertiary/aromatic N) is 2. The van der Waals surface area contributed by atoms with Crippen molar-refractivity contribution in [3.63, 3.8) is 0 Å². The molecule has 2 aromatic rings. The summed E-state index contributed by atoms with van der Waals surface area (Å²) in [5.41, 5.74) is 1.65. The van der Waals surface area contributed by atoms with Crippen molar-refractivity contribution in [2.75, 3.05) is 32.8 Å². The van der Waals surface area contributed by atoms with Crippen molar-refractivity contribution < 1.29 is 18.3 Å². The molecule has 0 spiro atoms. The average Bonchev–Trinajstić information content (AvgIpc) is 2.88. The van der Waals surface area contributed by atoms with Crippen LogP contribution in [-0.4, -0.2) is 54.6 Å². The number of halogens is 2. The number of benzene rings is 2. The lowest BCUT2D eigenvalue weighted by molar-refractivity contribution is -0.142. The van der Waals surface area contributed by atoms with Crippen molar-refractivity contribution in [3.05, 3.63) is 71.3 Å². The SMILES string of the molecule is CCN(C(=O)C1CCOCC1)C(Cc1ccccc1)C1CCN(Cc2cccc(F)c2F)CC1. The summed E-state index contributed by atoms with van der Waals surface area (Å²) in [5, 5.41) is 0. The minimum atomic E-state index is -0.791. The van der Waals surface area contributed by atoms with Gasteiger partial charge in [0.1, 0.15) is 0 Å². The largest absolute Gasteiger partial charge is 0.381 e. The van der Waals surface area contributed by atoms with Crippen molar-refractivity contribution >= 4 is 5.91 Å². The Hall–Kier alpha value is -2.31. The second-order valence-electron chi connectivity index (χ2n) is 9.59. The molecule has 2 aromatic carbocycles. The Morgan fingerprint density at radius 3 is 2.41 bits per heavy atom. The van der Waals surface area contributed by atoms with Crippen LogP contribution in [-0.2, 0) is 22.5 Å². The Bertz CT molecular complexity index is 925. The van der Waals surface area contributed by atoms with E-state index in [1.54, 1.807) is 12.1 Å². The molecule has 2 aliphatic heterocycles. The van der Waals surface area contributed by atoms with E-state index in [-0.39, 0.29) is 17.9 Å². The number of amides is 1. The summed E-state index contributed by atoms with van der Waals surface area (Å²) in [5.74, 6) is -0.858. The van der Waals surface area contributed by atoms with Gasteiger partial charge in [-0.15, -0.1) is 0 Å². The maximum Gasteiger partial charge on any atom is 0.226 e. The Morgan fingerprint density at radius 1 is 1.03 bits per heavy atom. The lowest BCUT2D eigenvalue weighted by Gasteiger charge is -2.42. The van der Waals surface area contributed by atoms with Crippen molar-refractivity contribution in [1.29, 1.82) is 0 Å². The number of piperidine rings is 1. The van der Waals surface area contributed by atoms with Crippen LogP contribution in [0.15, 0.2) is 48.5 Å². The number of ether oxygens (including phenoxy) is 1. The Morgan fingerprint density at radius 2 is 1.74 bits per heavy atom. The fourth-order valence-electron chi connectivity index (χ4n) is 5.53. The molecule has 2 fully saturated rings. The third kappa shape index (κ3) is 6.02. The van der Waals surface area contributed by atoms with Crippen molar-refractivity contribution in [3.8, 4) is 0 Å². The van der Waals surface area contributed by atoms with Gasteiger partial charge < -0.3 is 9.64 Å². The molecule has 2 saturated heterocycles. The minimum Gasteiger partial charge on any atom is -0.381 e. The molecule has 4 rings (SSSR count). The molecule has 2 heterocycles. The van der Waals surface area contributed by atoms with E-state index in [0.717, 1.165) is 51.3 Å². The number of hydrogen-bond donors (Lipinski definition) is 0. The monoisotopic (exact) mass is 470 g/mol. The van der Waals surface area contributed by atoms with E-state index in [9.17, 15) is 13.6 Å². The van der Waals surface area contributed by atoms with Gasteiger partial charge in [0.2, 0.25) is 5.91 Å². The van der Waals surface area contributed by atoms with Gasteiger partial charge >= 0.3 is 0 Å². The second-order valence-corrected chi connectivity index (χ2v) is 9.59. The first kappa shape index (κ1) is 24.8. The summed E-state index contributed by atoms with van der Waals surface area (Å²) in [6, 6.07) is 14.9. The van der Waals surface area contributed by atoms with Gasteiger partial charge in [-0.3, -0.25) is 9.69 Å². The average molecular weight is 471 g/mol. The molecule has 2 aliphatic rings. The highest BCUT2D eigenvalue weighted by Gasteiger charge is 2.35. The Labute approximate surface area is 201 Å². The summed E-state index contributed by atoms with van der Waals surface area (Å²) < 4.78 is 33.3. The predicted octanol–water partition coefficient (Wildman–Crippen LogP) is 5.06. The van der Waals surface area contributed by atoms with Gasteiger partial charge in [-0.05, 0) is 69.7 Å².